The number of fused-ring (bicyclic) bond motifs is 8. The first-order valence-corrected chi connectivity index (χ1v) is 31.8. The Balaban J connectivity index is 1.05. The van der Waals surface area contributed by atoms with Crippen molar-refractivity contribution >= 4 is 117 Å². The molecule has 11 aromatic carbocycles. The fraction of sp³-hybridized carbons (Fsp3) is 0.185. The van der Waals surface area contributed by atoms with Crippen molar-refractivity contribution in [2.24, 2.45) is 0 Å². The van der Waals surface area contributed by atoms with Gasteiger partial charge >= 0.3 is 0 Å². The van der Waals surface area contributed by atoms with E-state index < -0.39 is 0 Å². The molecule has 15 rings (SSSR count). The van der Waals surface area contributed by atoms with Gasteiger partial charge in [0.15, 0.2) is 0 Å². The molecule has 12 aromatic rings. The fourth-order valence-corrected chi connectivity index (χ4v) is 16.1. The molecule has 0 amide bonds. The van der Waals surface area contributed by atoms with Crippen LogP contribution in [0.2, 0.25) is 0 Å². The van der Waals surface area contributed by atoms with E-state index in [1.807, 2.05) is 11.3 Å². The van der Waals surface area contributed by atoms with Crippen LogP contribution in [-0.4, -0.2) is 6.71 Å². The third-order valence-corrected chi connectivity index (χ3v) is 20.5. The quantitative estimate of drug-likeness (QED) is 0.0810. The number of anilines is 9. The Bertz CT molecular complexity index is 4570. The van der Waals surface area contributed by atoms with Crippen LogP contribution in [0.3, 0.4) is 0 Å². The summed E-state index contributed by atoms with van der Waals surface area (Å²) in [7, 11) is 0. The van der Waals surface area contributed by atoms with Crippen LogP contribution in [-0.2, 0) is 16.2 Å². The van der Waals surface area contributed by atoms with Crippen molar-refractivity contribution in [1.82, 2.24) is 0 Å². The van der Waals surface area contributed by atoms with Crippen molar-refractivity contribution in [2.45, 2.75) is 96.8 Å². The number of nitrogens with zero attached hydrogens (tertiary/aromatic N) is 3. The topological polar surface area (TPSA) is 9.72 Å². The van der Waals surface area contributed by atoms with Gasteiger partial charge in [0.1, 0.15) is 0 Å². The summed E-state index contributed by atoms with van der Waals surface area (Å²) in [4.78, 5) is 7.76. The Morgan fingerprint density at radius 2 is 1.06 bits per heavy atom. The first-order chi connectivity index (χ1) is 41.8. The smallest absolute Gasteiger partial charge is 0.264 e. The van der Waals surface area contributed by atoms with Crippen molar-refractivity contribution in [3.8, 4) is 22.3 Å². The molecule has 2 aliphatic heterocycles. The van der Waals surface area contributed by atoms with E-state index in [-0.39, 0.29) is 23.0 Å². The predicted octanol–water partition coefficient (Wildman–Crippen LogP) is 21.5. The maximum atomic E-state index is 4.57. The van der Waals surface area contributed by atoms with Gasteiger partial charge in [-0.1, -0.05) is 212 Å². The Morgan fingerprint density at radius 1 is 0.500 bits per heavy atom. The molecule has 1 aromatic heterocycles. The standard InChI is InChI=1S/C81H72BN3S/c1-9-81(46-24-25-53(2)52-81)56-36-39-61(40-37-56)84-70-51-63(83(59-30-18-12-19-31-59)60-32-20-13-21-33-60)42-44-69(70)82-76-71(84)48-58(80(6,7)8)49-72(76)85(77-68-47-57(79(3,4)5)38-45-73(68)86-78(77)82)62-41-43-66-67(50-62)75(55-28-16-11-17-29-55)65-35-23-22-34-64(65)74(66)54-26-14-10-15-27-54/h10-23,26-45,47-51H,2,9,24-25,46,52H2,1,3-8H3. The predicted molar refractivity (Wildman–Crippen MR) is 373 cm³/mol. The van der Waals surface area contributed by atoms with Crippen LogP contribution in [0.4, 0.5) is 51.2 Å². The van der Waals surface area contributed by atoms with E-state index in [0.717, 1.165) is 47.7 Å². The third kappa shape index (κ3) is 8.83. The van der Waals surface area contributed by atoms with Crippen LogP contribution in [0.25, 0.3) is 53.9 Å². The van der Waals surface area contributed by atoms with E-state index in [1.165, 1.54) is 127 Å². The van der Waals surface area contributed by atoms with Gasteiger partial charge < -0.3 is 14.7 Å². The van der Waals surface area contributed by atoms with Gasteiger partial charge in [0, 0.05) is 60.4 Å². The number of para-hydroxylation sites is 2. The van der Waals surface area contributed by atoms with E-state index in [2.05, 4.69) is 306 Å². The highest BCUT2D eigenvalue weighted by atomic mass is 32.1. The molecule has 0 radical (unpaired) electrons. The molecule has 1 aliphatic carbocycles. The van der Waals surface area contributed by atoms with E-state index in [9.17, 15) is 0 Å². The molecular formula is C81H72BN3S. The van der Waals surface area contributed by atoms with Gasteiger partial charge in [0.2, 0.25) is 0 Å². The van der Waals surface area contributed by atoms with Crippen LogP contribution < -0.4 is 30.4 Å². The monoisotopic (exact) mass is 1130 g/mol. The summed E-state index contributed by atoms with van der Waals surface area (Å²) in [5.74, 6) is 0. The molecule has 1 saturated carbocycles. The van der Waals surface area contributed by atoms with Crippen LogP contribution in [0.5, 0.6) is 0 Å². The second kappa shape index (κ2) is 20.7. The van der Waals surface area contributed by atoms with Gasteiger partial charge in [-0.2, -0.15) is 0 Å². The average Bonchev–Trinajstić information content (AvgIpc) is 1.25. The van der Waals surface area contributed by atoms with Crippen molar-refractivity contribution in [1.29, 1.82) is 0 Å². The fourth-order valence-electron chi connectivity index (χ4n) is 14.8. The molecule has 86 heavy (non-hydrogen) atoms. The van der Waals surface area contributed by atoms with Gasteiger partial charge in [-0.25, -0.2) is 0 Å². The second-order valence-corrected chi connectivity index (χ2v) is 27.6. The summed E-state index contributed by atoms with van der Waals surface area (Å²) in [5, 5.41) is 6.27. The van der Waals surface area contributed by atoms with Crippen LogP contribution in [0.15, 0.2) is 249 Å². The van der Waals surface area contributed by atoms with E-state index in [4.69, 9.17) is 0 Å². The largest absolute Gasteiger partial charge is 0.311 e. The molecule has 1 unspecified atom stereocenters. The number of hydrogen-bond acceptors (Lipinski definition) is 4. The molecule has 3 nitrogen and oxygen atoms in total. The van der Waals surface area contributed by atoms with Crippen LogP contribution in [0.1, 0.15) is 97.3 Å². The van der Waals surface area contributed by atoms with Crippen molar-refractivity contribution in [3.63, 3.8) is 0 Å². The second-order valence-electron chi connectivity index (χ2n) is 26.5. The van der Waals surface area contributed by atoms with Gasteiger partial charge in [0.05, 0.1) is 5.69 Å². The van der Waals surface area contributed by atoms with E-state index in [0.29, 0.717) is 0 Å². The minimum atomic E-state index is -0.206. The number of thiophene rings is 1. The third-order valence-electron chi connectivity index (χ3n) is 19.2. The maximum absolute atomic E-state index is 4.57. The maximum Gasteiger partial charge on any atom is 0.264 e. The lowest BCUT2D eigenvalue weighted by Gasteiger charge is -2.44. The minimum Gasteiger partial charge on any atom is -0.311 e. The van der Waals surface area contributed by atoms with Crippen molar-refractivity contribution in [2.75, 3.05) is 14.7 Å². The molecule has 0 spiro atoms. The summed E-state index contributed by atoms with van der Waals surface area (Å²) < 4.78 is 2.66. The van der Waals surface area contributed by atoms with Gasteiger partial charge in [-0.3, -0.25) is 0 Å². The number of allylic oxidation sites excluding steroid dienone is 1. The first kappa shape index (κ1) is 53.8. The summed E-state index contributed by atoms with van der Waals surface area (Å²) in [6.45, 7) is 21.1. The lowest BCUT2D eigenvalue weighted by Crippen LogP contribution is -2.60. The molecule has 0 bridgehead atoms. The normalized spacial score (nSPS) is 15.7. The average molecular weight is 1130 g/mol. The van der Waals surface area contributed by atoms with Crippen molar-refractivity contribution < 1.29 is 0 Å². The van der Waals surface area contributed by atoms with Gasteiger partial charge in [-0.15, -0.1) is 11.3 Å². The van der Waals surface area contributed by atoms with Crippen LogP contribution in [0, 0.1) is 0 Å². The molecular weight excluding hydrogens is 1060 g/mol. The molecule has 0 N–H and O–H groups in total. The molecule has 1 atom stereocenters. The Hall–Kier alpha value is -8.90. The molecule has 0 saturated heterocycles. The van der Waals surface area contributed by atoms with Crippen LogP contribution >= 0.6 is 11.3 Å². The minimum absolute atomic E-state index is 0.0651. The zero-order valence-electron chi connectivity index (χ0n) is 50.6. The zero-order chi connectivity index (χ0) is 58.6. The van der Waals surface area contributed by atoms with Gasteiger partial charge in [0.25, 0.3) is 6.71 Å². The Morgan fingerprint density at radius 3 is 1.65 bits per heavy atom. The lowest BCUT2D eigenvalue weighted by molar-refractivity contribution is 0.330. The zero-order valence-corrected chi connectivity index (χ0v) is 51.4. The molecule has 1 fully saturated rings. The summed E-state index contributed by atoms with van der Waals surface area (Å²) >= 11 is 1.98. The lowest BCUT2D eigenvalue weighted by atomic mass is 9.36. The molecule has 5 heteroatoms. The Kier molecular flexibility index (Phi) is 12.9. The number of rotatable bonds is 9. The Labute approximate surface area is 512 Å². The highest BCUT2D eigenvalue weighted by Crippen LogP contribution is 2.53. The van der Waals surface area contributed by atoms with E-state index in [1.54, 1.807) is 0 Å². The SMILES string of the molecule is C=C1CCCC(CC)(c2ccc(N3c4cc(N(c5ccccc5)c5ccccc5)ccc4B4c5sc6ccc(C(C)(C)C)cc6c5N(c5ccc6c(-c7ccccc7)c7ccccc7c(-c7ccccc7)c6c5)c5cc(C(C)(C)C)cc3c54)cc2)C1. The summed E-state index contributed by atoms with van der Waals surface area (Å²) in [5.41, 5.74) is 23.4. The van der Waals surface area contributed by atoms with E-state index >= 15 is 0 Å². The molecule has 3 heterocycles. The van der Waals surface area contributed by atoms with Crippen molar-refractivity contribution in [3.05, 3.63) is 265 Å². The molecule has 420 valence electrons. The first-order valence-electron chi connectivity index (χ1n) is 31.0. The highest BCUT2D eigenvalue weighted by molar-refractivity contribution is 7.33. The van der Waals surface area contributed by atoms with Gasteiger partial charge in [-0.05, 0) is 205 Å². The number of benzene rings is 11. The highest BCUT2D eigenvalue weighted by Gasteiger charge is 2.47. The summed E-state index contributed by atoms with van der Waals surface area (Å²) in [6.07, 6.45) is 5.64. The number of hydrogen-bond donors (Lipinski definition) is 0. The molecule has 3 aliphatic rings. The summed E-state index contributed by atoms with van der Waals surface area (Å²) in [6, 6.07) is 89.9.